The van der Waals surface area contributed by atoms with Crippen molar-refractivity contribution in [1.82, 2.24) is 19.7 Å². The molecule has 3 aromatic heterocycles. The first-order valence-electron chi connectivity index (χ1n) is 9.93. The van der Waals surface area contributed by atoms with Gasteiger partial charge < -0.3 is 14.5 Å². The van der Waals surface area contributed by atoms with Crippen molar-refractivity contribution in [2.45, 2.75) is 12.5 Å². The molecule has 0 spiro atoms. The van der Waals surface area contributed by atoms with Gasteiger partial charge in [-0.2, -0.15) is 5.10 Å². The van der Waals surface area contributed by atoms with Crippen molar-refractivity contribution in [1.29, 1.82) is 0 Å². The van der Waals surface area contributed by atoms with Gasteiger partial charge in [0.2, 0.25) is 5.78 Å². The Morgan fingerprint density at radius 2 is 2.12 bits per heavy atom. The first-order chi connectivity index (χ1) is 15.8. The molecular weight excluding hydrogens is 430 g/mol. The number of halogens is 2. The number of ketones is 1. The minimum atomic E-state index is -1.34. The number of ether oxygens (including phenoxy) is 2. The number of carbonyl (C=O) groups excluding carboxylic acids is 1. The van der Waals surface area contributed by atoms with Gasteiger partial charge in [0, 0.05) is 43.9 Å². The van der Waals surface area contributed by atoms with E-state index in [-0.39, 0.29) is 29.0 Å². The fourth-order valence-corrected chi connectivity index (χ4v) is 3.39. The van der Waals surface area contributed by atoms with Crippen LogP contribution in [-0.4, -0.2) is 39.4 Å². The van der Waals surface area contributed by atoms with Crippen LogP contribution in [0.25, 0.3) is 22.2 Å². The van der Waals surface area contributed by atoms with Crippen molar-refractivity contribution in [2.24, 2.45) is 7.05 Å². The molecule has 1 N–H and O–H groups in total. The molecule has 3 heterocycles. The number of rotatable bonds is 6. The molecule has 0 fully saturated rings. The summed E-state index contributed by atoms with van der Waals surface area (Å²) in [6, 6.07) is 5.71. The van der Waals surface area contributed by atoms with Crippen molar-refractivity contribution in [3.8, 4) is 23.0 Å². The second-order valence-electron chi connectivity index (χ2n) is 7.49. The monoisotopic (exact) mass is 450 g/mol. The lowest BCUT2D eigenvalue weighted by atomic mass is 9.95. The van der Waals surface area contributed by atoms with Gasteiger partial charge in [-0.1, -0.05) is 18.1 Å². The Morgan fingerprint density at radius 3 is 2.82 bits per heavy atom. The van der Waals surface area contributed by atoms with Gasteiger partial charge in [-0.05, 0) is 30.5 Å². The molecular formula is C24H20F2N4O3. The predicted molar refractivity (Wildman–Crippen MR) is 117 cm³/mol. The molecule has 1 aromatic carbocycles. The van der Waals surface area contributed by atoms with Crippen LogP contribution < -0.4 is 0 Å². The third-order valence-corrected chi connectivity index (χ3v) is 5.15. The average molecular weight is 450 g/mol. The minimum absolute atomic E-state index is 0.0286. The fraction of sp³-hybridized carbons (Fsp3) is 0.208. The van der Waals surface area contributed by atoms with E-state index in [2.05, 4.69) is 26.9 Å². The molecule has 4 rings (SSSR count). The number of aromatic amines is 1. The molecule has 0 radical (unpaired) electrons. The first-order valence-corrected chi connectivity index (χ1v) is 9.93. The van der Waals surface area contributed by atoms with Crippen LogP contribution in [0.15, 0.2) is 49.1 Å². The Bertz CT molecular complexity index is 1400. The van der Waals surface area contributed by atoms with Gasteiger partial charge in [0.1, 0.15) is 24.1 Å². The zero-order chi connectivity index (χ0) is 23.6. The lowest BCUT2D eigenvalue weighted by molar-refractivity contribution is -0.0991. The van der Waals surface area contributed by atoms with Gasteiger partial charge in [-0.25, -0.2) is 13.8 Å². The van der Waals surface area contributed by atoms with E-state index in [1.165, 1.54) is 43.9 Å². The highest BCUT2D eigenvalue weighted by molar-refractivity contribution is 6.16. The number of fused-ring (bicyclic) bond motifs is 1. The van der Waals surface area contributed by atoms with E-state index >= 15 is 4.39 Å². The lowest BCUT2D eigenvalue weighted by Gasteiger charge is -2.24. The highest BCUT2D eigenvalue weighted by Crippen LogP contribution is 2.30. The van der Waals surface area contributed by atoms with Crippen molar-refractivity contribution in [3.63, 3.8) is 0 Å². The quantitative estimate of drug-likeness (QED) is 0.208. The third kappa shape index (κ3) is 4.39. The van der Waals surface area contributed by atoms with Crippen LogP contribution in [0.5, 0.6) is 0 Å². The van der Waals surface area contributed by atoms with E-state index in [1.54, 1.807) is 30.9 Å². The molecule has 0 saturated carbocycles. The summed E-state index contributed by atoms with van der Waals surface area (Å²) < 4.78 is 41.3. The van der Waals surface area contributed by atoms with Gasteiger partial charge in [-0.3, -0.25) is 9.48 Å². The third-order valence-electron chi connectivity index (χ3n) is 5.15. The highest BCUT2D eigenvalue weighted by Gasteiger charge is 2.27. The number of Topliss-reactive ketones (excluding diaryl/α,β-unsaturated/α-hetero) is 1. The molecule has 0 aliphatic heterocycles. The molecule has 4 aromatic rings. The van der Waals surface area contributed by atoms with E-state index in [9.17, 15) is 9.18 Å². The van der Waals surface area contributed by atoms with E-state index in [0.29, 0.717) is 11.1 Å². The number of methoxy groups -OCH3 is 1. The normalized spacial score (nSPS) is 12.9. The Morgan fingerprint density at radius 1 is 1.30 bits per heavy atom. The number of aromatic nitrogens is 4. The van der Waals surface area contributed by atoms with E-state index < -0.39 is 23.0 Å². The summed E-state index contributed by atoms with van der Waals surface area (Å²) in [7, 11) is 3.15. The number of pyridine rings is 1. The van der Waals surface area contributed by atoms with Gasteiger partial charge in [-0.15, -0.1) is 0 Å². The molecule has 7 nitrogen and oxygen atoms in total. The molecule has 33 heavy (non-hydrogen) atoms. The Labute approximate surface area is 188 Å². The second-order valence-corrected chi connectivity index (χ2v) is 7.49. The highest BCUT2D eigenvalue weighted by atomic mass is 19.1. The van der Waals surface area contributed by atoms with Crippen molar-refractivity contribution >= 4 is 16.8 Å². The van der Waals surface area contributed by atoms with E-state index in [4.69, 9.17) is 9.47 Å². The summed E-state index contributed by atoms with van der Waals surface area (Å²) in [6.45, 7) is 1.47. The number of H-pyrrole nitrogens is 1. The largest absolute Gasteiger partial charge is 0.359 e. The van der Waals surface area contributed by atoms with Gasteiger partial charge in [0.25, 0.3) is 0 Å². The number of benzene rings is 1. The summed E-state index contributed by atoms with van der Waals surface area (Å²) in [5.41, 5.74) is 0.0604. The smallest absolute Gasteiger partial charge is 0.238 e. The van der Waals surface area contributed by atoms with Crippen LogP contribution in [-0.2, 0) is 22.1 Å². The lowest BCUT2D eigenvalue weighted by Crippen LogP contribution is -2.25. The second kappa shape index (κ2) is 8.94. The topological polar surface area (TPSA) is 82.0 Å². The van der Waals surface area contributed by atoms with Gasteiger partial charge in [0.15, 0.2) is 5.60 Å². The number of carbonyl (C=O) groups is 1. The summed E-state index contributed by atoms with van der Waals surface area (Å²) in [4.78, 5) is 20.0. The molecule has 0 aliphatic rings. The number of hydrogen-bond acceptors (Lipinski definition) is 5. The first kappa shape index (κ1) is 22.3. The number of hydrogen-bond donors (Lipinski definition) is 1. The number of aryl methyl sites for hydroxylation is 1. The maximum Gasteiger partial charge on any atom is 0.238 e. The molecule has 1 atom stereocenters. The zero-order valence-corrected chi connectivity index (χ0v) is 18.1. The van der Waals surface area contributed by atoms with Crippen molar-refractivity contribution in [3.05, 3.63) is 71.8 Å². The Hall–Kier alpha value is -3.87. The van der Waals surface area contributed by atoms with Crippen LogP contribution in [0.4, 0.5) is 8.78 Å². The maximum atomic E-state index is 15.4. The maximum absolute atomic E-state index is 15.4. The van der Waals surface area contributed by atoms with Gasteiger partial charge >= 0.3 is 0 Å². The summed E-state index contributed by atoms with van der Waals surface area (Å²) in [6.07, 6.45) is 5.90. The van der Waals surface area contributed by atoms with Crippen LogP contribution >= 0.6 is 0 Å². The summed E-state index contributed by atoms with van der Waals surface area (Å²) in [5.74, 6) is 3.55. The average Bonchev–Trinajstić information content (AvgIpc) is 3.43. The van der Waals surface area contributed by atoms with E-state index in [0.717, 1.165) is 0 Å². The number of nitrogens with one attached hydrogen (secondary N) is 1. The number of nitrogens with zero attached hydrogens (tertiary/aromatic N) is 3. The van der Waals surface area contributed by atoms with Crippen molar-refractivity contribution < 1.29 is 23.0 Å². The molecule has 0 amide bonds. The SMILES string of the molecule is COCOC(C)(C#CC(=O)c1c[nH]c2ncc(-c3cnn(C)c3)c(F)c12)c1cccc(F)c1. The van der Waals surface area contributed by atoms with Crippen LogP contribution in [0.1, 0.15) is 22.8 Å². The van der Waals surface area contributed by atoms with Crippen LogP contribution in [0, 0.1) is 23.5 Å². The predicted octanol–water partition coefficient (Wildman–Crippen LogP) is 3.96. The standard InChI is InChI=1S/C24H20F2N4O3/c1-24(33-14-32-3,16-5-4-6-17(25)9-16)8-7-20(31)19-12-28-23-21(19)22(26)18(11-27-23)15-10-29-30(2)13-15/h4-6,9-13H,14H2,1-3H3,(H,27,28). The zero-order valence-electron chi connectivity index (χ0n) is 18.1. The minimum Gasteiger partial charge on any atom is -0.359 e. The molecule has 0 saturated heterocycles. The molecule has 0 bridgehead atoms. The molecule has 9 heteroatoms. The fourth-order valence-electron chi connectivity index (χ4n) is 3.39. The Kier molecular flexibility index (Phi) is 6.05. The molecule has 0 aliphatic carbocycles. The summed E-state index contributed by atoms with van der Waals surface area (Å²) in [5, 5.41) is 4.08. The van der Waals surface area contributed by atoms with Crippen LogP contribution in [0.2, 0.25) is 0 Å². The Balaban J connectivity index is 1.74. The van der Waals surface area contributed by atoms with Gasteiger partial charge in [0.05, 0.1) is 17.1 Å². The molecule has 1 unspecified atom stereocenters. The van der Waals surface area contributed by atoms with Crippen molar-refractivity contribution in [2.75, 3.05) is 13.9 Å². The summed E-state index contributed by atoms with van der Waals surface area (Å²) >= 11 is 0. The van der Waals surface area contributed by atoms with E-state index in [1.807, 2.05) is 0 Å². The van der Waals surface area contributed by atoms with Crippen LogP contribution in [0.3, 0.4) is 0 Å². The molecule has 168 valence electrons.